The van der Waals surface area contributed by atoms with Crippen LogP contribution >= 0.6 is 0 Å². The van der Waals surface area contributed by atoms with Crippen LogP contribution in [0.1, 0.15) is 103 Å². The van der Waals surface area contributed by atoms with E-state index >= 15 is 0 Å². The molecule has 0 saturated heterocycles. The largest absolute Gasteiger partial charge is 0.494 e. The van der Waals surface area contributed by atoms with Gasteiger partial charge in [0.15, 0.2) is 6.17 Å². The van der Waals surface area contributed by atoms with E-state index in [0.29, 0.717) is 5.92 Å². The van der Waals surface area contributed by atoms with E-state index in [9.17, 15) is 9.18 Å². The van der Waals surface area contributed by atoms with Crippen molar-refractivity contribution in [2.75, 3.05) is 6.61 Å². The first kappa shape index (κ1) is 29.2. The minimum Gasteiger partial charge on any atom is -0.494 e. The molecule has 1 saturated carbocycles. The molecule has 1 fully saturated rings. The van der Waals surface area contributed by atoms with Gasteiger partial charge in [0.25, 0.3) is 0 Å². The van der Waals surface area contributed by atoms with Crippen molar-refractivity contribution in [3.05, 3.63) is 54.1 Å². The number of unbranched alkanes of at least 4 members (excludes halogenated alkanes) is 5. The van der Waals surface area contributed by atoms with Crippen LogP contribution in [0.4, 0.5) is 4.39 Å². The van der Waals surface area contributed by atoms with Crippen LogP contribution in [0.2, 0.25) is 0 Å². The molecule has 1 aliphatic carbocycles. The number of alkyl halides is 1. The zero-order chi connectivity index (χ0) is 26.3. The number of halogens is 1. The fourth-order valence-electron chi connectivity index (χ4n) is 5.15. The highest BCUT2D eigenvalue weighted by Crippen LogP contribution is 2.31. The molecule has 0 amide bonds. The van der Waals surface area contributed by atoms with Gasteiger partial charge in [-0.2, -0.15) is 0 Å². The quantitative estimate of drug-likeness (QED) is 0.167. The first-order valence-corrected chi connectivity index (χ1v) is 14.8. The molecule has 1 aliphatic rings. The van der Waals surface area contributed by atoms with Gasteiger partial charge in [0.05, 0.1) is 6.61 Å². The van der Waals surface area contributed by atoms with E-state index in [4.69, 9.17) is 9.47 Å². The Morgan fingerprint density at radius 1 is 0.838 bits per heavy atom. The van der Waals surface area contributed by atoms with Gasteiger partial charge in [-0.15, -0.1) is 0 Å². The molecule has 3 nitrogen and oxygen atoms in total. The molecule has 3 rings (SSSR count). The van der Waals surface area contributed by atoms with Crippen molar-refractivity contribution < 1.29 is 18.7 Å². The zero-order valence-electron chi connectivity index (χ0n) is 23.1. The van der Waals surface area contributed by atoms with Gasteiger partial charge >= 0.3 is 5.97 Å². The second-order valence-electron chi connectivity index (χ2n) is 10.7. The molecule has 0 unspecified atom stereocenters. The summed E-state index contributed by atoms with van der Waals surface area (Å²) in [7, 11) is 0. The molecular weight excluding hydrogens is 463 g/mol. The third kappa shape index (κ3) is 10.5. The lowest BCUT2D eigenvalue weighted by Crippen LogP contribution is -2.29. The van der Waals surface area contributed by atoms with Crippen molar-refractivity contribution in [3.63, 3.8) is 0 Å². The molecule has 4 heteroatoms. The number of hydrogen-bond donors (Lipinski definition) is 0. The van der Waals surface area contributed by atoms with Gasteiger partial charge in [0.2, 0.25) is 0 Å². The van der Waals surface area contributed by atoms with E-state index in [-0.39, 0.29) is 12.5 Å². The predicted molar refractivity (Wildman–Crippen MR) is 151 cm³/mol. The number of rotatable bonds is 16. The average molecular weight is 511 g/mol. The maximum Gasteiger partial charge on any atom is 0.340 e. The van der Waals surface area contributed by atoms with Crippen LogP contribution in [-0.4, -0.2) is 24.9 Å². The second-order valence-corrected chi connectivity index (χ2v) is 10.7. The zero-order valence-corrected chi connectivity index (χ0v) is 23.1. The molecule has 2 aromatic carbocycles. The van der Waals surface area contributed by atoms with Gasteiger partial charge in [-0.1, -0.05) is 88.8 Å². The molecule has 0 N–H and O–H groups in total. The molecule has 0 bridgehead atoms. The summed E-state index contributed by atoms with van der Waals surface area (Å²) in [6.07, 6.45) is 12.6. The standard InChI is InChI=1S/C33H47FO3/c1-3-5-7-8-9-25-36-30-23-19-29(20-24-30)28-17-13-26(14-18-28)11-12-27-15-21-31(22-16-27)37-33(35)32(34)10-6-4-2/h13-14,17-20,23-24,27,31-32H,3-12,15-16,21-22,25H2,1-2H3/t27?,31?,32-/m0/s1. The fraction of sp³-hybridized carbons (Fsp3) is 0.606. The maximum atomic E-state index is 13.9. The third-order valence-electron chi connectivity index (χ3n) is 7.64. The predicted octanol–water partition coefficient (Wildman–Crippen LogP) is 9.27. The Labute approximate surface area is 224 Å². The van der Waals surface area contributed by atoms with Crippen LogP contribution < -0.4 is 4.74 Å². The van der Waals surface area contributed by atoms with Crippen molar-refractivity contribution in [2.24, 2.45) is 5.92 Å². The van der Waals surface area contributed by atoms with Crippen LogP contribution in [0.5, 0.6) is 5.75 Å². The maximum absolute atomic E-state index is 13.9. The Balaban J connectivity index is 1.35. The number of carbonyl (C=O) groups excluding carboxylic acids is 1. The number of benzene rings is 2. The van der Waals surface area contributed by atoms with Crippen LogP contribution in [0.25, 0.3) is 11.1 Å². The van der Waals surface area contributed by atoms with Crippen LogP contribution in [0.3, 0.4) is 0 Å². The average Bonchev–Trinajstić information content (AvgIpc) is 2.94. The molecule has 37 heavy (non-hydrogen) atoms. The smallest absolute Gasteiger partial charge is 0.340 e. The summed E-state index contributed by atoms with van der Waals surface area (Å²) in [5.74, 6) is 0.938. The summed E-state index contributed by atoms with van der Waals surface area (Å²) >= 11 is 0. The molecule has 0 heterocycles. The summed E-state index contributed by atoms with van der Waals surface area (Å²) in [5.41, 5.74) is 3.79. The Morgan fingerprint density at radius 2 is 1.46 bits per heavy atom. The number of hydrogen-bond acceptors (Lipinski definition) is 3. The highest BCUT2D eigenvalue weighted by molar-refractivity contribution is 5.74. The molecule has 1 atom stereocenters. The van der Waals surface area contributed by atoms with E-state index in [1.165, 1.54) is 42.4 Å². The van der Waals surface area contributed by atoms with Gasteiger partial charge in [-0.3, -0.25) is 0 Å². The number of esters is 1. The first-order chi connectivity index (χ1) is 18.1. The molecular formula is C33H47FO3. The molecule has 0 spiro atoms. The summed E-state index contributed by atoms with van der Waals surface area (Å²) in [6.45, 7) is 5.03. The highest BCUT2D eigenvalue weighted by Gasteiger charge is 2.27. The van der Waals surface area contributed by atoms with Crippen LogP contribution in [0.15, 0.2) is 48.5 Å². The Bertz CT molecular complexity index is 885. The Kier molecular flexibility index (Phi) is 13.0. The molecule has 0 aliphatic heterocycles. The van der Waals surface area contributed by atoms with Crippen molar-refractivity contribution in [1.82, 2.24) is 0 Å². The number of ether oxygens (including phenoxy) is 2. The van der Waals surface area contributed by atoms with Gasteiger partial charge in [-0.25, -0.2) is 9.18 Å². The van der Waals surface area contributed by atoms with Gasteiger partial charge in [-0.05, 0) is 86.1 Å². The minimum atomic E-state index is -1.46. The lowest BCUT2D eigenvalue weighted by molar-refractivity contribution is -0.157. The summed E-state index contributed by atoms with van der Waals surface area (Å²) in [6, 6.07) is 17.3. The summed E-state index contributed by atoms with van der Waals surface area (Å²) in [4.78, 5) is 11.9. The highest BCUT2D eigenvalue weighted by atomic mass is 19.1. The van der Waals surface area contributed by atoms with Crippen molar-refractivity contribution in [1.29, 1.82) is 0 Å². The molecule has 0 aromatic heterocycles. The summed E-state index contributed by atoms with van der Waals surface area (Å²) in [5, 5.41) is 0. The molecule has 0 radical (unpaired) electrons. The minimum absolute atomic E-state index is 0.106. The SMILES string of the molecule is CCCCCCCOc1ccc(-c2ccc(CCC3CCC(OC(=O)[C@@H](F)CCCC)CC3)cc2)cc1. The Morgan fingerprint density at radius 3 is 2.11 bits per heavy atom. The van der Waals surface area contributed by atoms with Crippen molar-refractivity contribution in [3.8, 4) is 16.9 Å². The third-order valence-corrected chi connectivity index (χ3v) is 7.64. The summed E-state index contributed by atoms with van der Waals surface area (Å²) < 4.78 is 25.2. The number of carbonyl (C=O) groups is 1. The number of aryl methyl sites for hydroxylation is 1. The topological polar surface area (TPSA) is 35.5 Å². The lowest BCUT2D eigenvalue weighted by atomic mass is 9.83. The van der Waals surface area contributed by atoms with E-state index in [1.807, 2.05) is 6.92 Å². The van der Waals surface area contributed by atoms with E-state index < -0.39 is 12.1 Å². The van der Waals surface area contributed by atoms with Gasteiger partial charge in [0, 0.05) is 0 Å². The molecule has 2 aromatic rings. The molecule has 204 valence electrons. The Hall–Kier alpha value is -2.36. The van der Waals surface area contributed by atoms with Crippen molar-refractivity contribution >= 4 is 5.97 Å². The first-order valence-electron chi connectivity index (χ1n) is 14.8. The lowest BCUT2D eigenvalue weighted by Gasteiger charge is -2.28. The van der Waals surface area contributed by atoms with E-state index in [2.05, 4.69) is 55.5 Å². The van der Waals surface area contributed by atoms with Crippen LogP contribution in [-0.2, 0) is 16.0 Å². The van der Waals surface area contributed by atoms with E-state index in [0.717, 1.165) is 70.1 Å². The second kappa shape index (κ2) is 16.5. The fourth-order valence-corrected chi connectivity index (χ4v) is 5.15. The monoisotopic (exact) mass is 510 g/mol. The van der Waals surface area contributed by atoms with Gasteiger partial charge in [0.1, 0.15) is 11.9 Å². The van der Waals surface area contributed by atoms with Crippen molar-refractivity contribution in [2.45, 2.75) is 116 Å². The normalized spacial score (nSPS) is 18.4. The van der Waals surface area contributed by atoms with E-state index in [1.54, 1.807) is 0 Å². The van der Waals surface area contributed by atoms with Gasteiger partial charge < -0.3 is 9.47 Å². The van der Waals surface area contributed by atoms with Crippen LogP contribution in [0, 0.1) is 5.92 Å².